The number of hydrogen-bond acceptors (Lipinski definition) is 4. The van der Waals surface area contributed by atoms with Crippen molar-refractivity contribution in [1.82, 2.24) is 9.78 Å². The molecule has 5 nitrogen and oxygen atoms in total. The molecule has 1 amide bonds. The Labute approximate surface area is 141 Å². The van der Waals surface area contributed by atoms with E-state index < -0.39 is 5.91 Å². The summed E-state index contributed by atoms with van der Waals surface area (Å²) in [6, 6.07) is 14.4. The Kier molecular flexibility index (Phi) is 4.27. The summed E-state index contributed by atoms with van der Waals surface area (Å²) >= 11 is 7.36. The Balaban J connectivity index is 2.02. The first-order valence-electron chi connectivity index (χ1n) is 6.77. The van der Waals surface area contributed by atoms with Gasteiger partial charge in [-0.05, 0) is 30.3 Å². The fraction of sp³-hybridized carbons (Fsp3) is 0.0625. The summed E-state index contributed by atoms with van der Waals surface area (Å²) in [4.78, 5) is 16.5. The van der Waals surface area contributed by atoms with Crippen LogP contribution in [-0.4, -0.2) is 15.7 Å². The van der Waals surface area contributed by atoms with E-state index in [1.54, 1.807) is 22.9 Å². The number of aryl methyl sites for hydroxylation is 1. The summed E-state index contributed by atoms with van der Waals surface area (Å²) in [6.45, 7) is 0. The molecule has 0 saturated carbocycles. The Morgan fingerprint density at radius 3 is 2.70 bits per heavy atom. The van der Waals surface area contributed by atoms with Crippen LogP contribution in [0.2, 0.25) is 5.02 Å². The van der Waals surface area contributed by atoms with Crippen LogP contribution in [0.3, 0.4) is 0 Å². The predicted molar refractivity (Wildman–Crippen MR) is 91.7 cm³/mol. The fourth-order valence-electron chi connectivity index (χ4n) is 2.00. The zero-order valence-electron chi connectivity index (χ0n) is 12.2. The number of hydrogen-bond donors (Lipinski definition) is 1. The van der Waals surface area contributed by atoms with Gasteiger partial charge in [-0.3, -0.25) is 4.79 Å². The predicted octanol–water partition coefficient (Wildman–Crippen LogP) is 3.13. The molecular formula is C16H13ClN4OS. The average molecular weight is 345 g/mol. The maximum atomic E-state index is 11.2. The Bertz CT molecular complexity index is 928. The molecule has 3 rings (SSSR count). The van der Waals surface area contributed by atoms with Gasteiger partial charge in [0, 0.05) is 23.2 Å². The van der Waals surface area contributed by atoms with E-state index in [2.05, 4.69) is 10.1 Å². The third-order valence-corrected chi connectivity index (χ3v) is 4.45. The SMILES string of the molecule is Cn1nc(-c2ccc(Cl)cc2)s/c1=N/c1cccc(C(N)=O)c1. The fourth-order valence-corrected chi connectivity index (χ4v) is 3.04. The number of nitrogens with two attached hydrogens (primary N) is 1. The number of halogens is 1. The average Bonchev–Trinajstić information content (AvgIpc) is 2.89. The lowest BCUT2D eigenvalue weighted by atomic mass is 10.2. The molecule has 23 heavy (non-hydrogen) atoms. The van der Waals surface area contributed by atoms with Crippen LogP contribution in [0.4, 0.5) is 5.69 Å². The number of amides is 1. The van der Waals surface area contributed by atoms with Crippen LogP contribution in [0.1, 0.15) is 10.4 Å². The molecule has 0 aliphatic carbocycles. The van der Waals surface area contributed by atoms with Gasteiger partial charge in [-0.25, -0.2) is 9.67 Å². The first-order chi connectivity index (χ1) is 11.0. The van der Waals surface area contributed by atoms with E-state index in [4.69, 9.17) is 17.3 Å². The molecule has 116 valence electrons. The Hall–Kier alpha value is -2.44. The smallest absolute Gasteiger partial charge is 0.248 e. The highest BCUT2D eigenvalue weighted by Crippen LogP contribution is 2.22. The summed E-state index contributed by atoms with van der Waals surface area (Å²) < 4.78 is 1.70. The van der Waals surface area contributed by atoms with Gasteiger partial charge in [-0.1, -0.05) is 41.1 Å². The molecule has 1 aromatic heterocycles. The van der Waals surface area contributed by atoms with Crippen LogP contribution in [-0.2, 0) is 7.05 Å². The lowest BCUT2D eigenvalue weighted by Crippen LogP contribution is -2.12. The second-order valence-electron chi connectivity index (χ2n) is 4.85. The Morgan fingerprint density at radius 2 is 2.00 bits per heavy atom. The molecule has 0 saturated heterocycles. The van der Waals surface area contributed by atoms with Crippen molar-refractivity contribution in [2.45, 2.75) is 0 Å². The molecule has 0 radical (unpaired) electrons. The van der Waals surface area contributed by atoms with Crippen LogP contribution in [0.25, 0.3) is 10.6 Å². The maximum Gasteiger partial charge on any atom is 0.248 e. The molecule has 1 heterocycles. The second-order valence-corrected chi connectivity index (χ2v) is 6.24. The highest BCUT2D eigenvalue weighted by atomic mass is 35.5. The number of aromatic nitrogens is 2. The minimum atomic E-state index is -0.474. The zero-order chi connectivity index (χ0) is 16.4. The van der Waals surface area contributed by atoms with Gasteiger partial charge < -0.3 is 5.73 Å². The highest BCUT2D eigenvalue weighted by Gasteiger charge is 2.06. The molecule has 3 aromatic rings. The molecule has 2 aromatic carbocycles. The lowest BCUT2D eigenvalue weighted by molar-refractivity contribution is 0.100. The number of nitrogens with zero attached hydrogens (tertiary/aromatic N) is 3. The number of carbonyl (C=O) groups is 1. The molecule has 0 unspecified atom stereocenters. The summed E-state index contributed by atoms with van der Waals surface area (Å²) in [5.41, 5.74) is 7.35. The summed E-state index contributed by atoms with van der Waals surface area (Å²) in [6.07, 6.45) is 0. The van der Waals surface area contributed by atoms with E-state index >= 15 is 0 Å². The van der Waals surface area contributed by atoms with E-state index in [1.807, 2.05) is 37.4 Å². The van der Waals surface area contributed by atoms with Crippen molar-refractivity contribution in [3.05, 3.63) is 63.9 Å². The van der Waals surface area contributed by atoms with Crippen molar-refractivity contribution < 1.29 is 4.79 Å². The van der Waals surface area contributed by atoms with Crippen LogP contribution in [0, 0.1) is 0 Å². The van der Waals surface area contributed by atoms with Crippen molar-refractivity contribution in [1.29, 1.82) is 0 Å². The third-order valence-electron chi connectivity index (χ3n) is 3.15. The molecule has 0 aliphatic rings. The first kappa shape index (κ1) is 15.5. The van der Waals surface area contributed by atoms with Gasteiger partial charge in [0.1, 0.15) is 5.01 Å². The largest absolute Gasteiger partial charge is 0.366 e. The molecule has 0 bridgehead atoms. The van der Waals surface area contributed by atoms with Gasteiger partial charge in [-0.15, -0.1) is 0 Å². The molecule has 2 N–H and O–H groups in total. The number of benzene rings is 2. The highest BCUT2D eigenvalue weighted by molar-refractivity contribution is 7.12. The number of carbonyl (C=O) groups excluding carboxylic acids is 1. The van der Waals surface area contributed by atoms with Crippen molar-refractivity contribution >= 4 is 34.5 Å². The van der Waals surface area contributed by atoms with E-state index in [9.17, 15) is 4.79 Å². The standard InChI is InChI=1S/C16H13ClN4OS/c1-21-16(19-13-4-2-3-11(9-13)14(18)22)23-15(20-21)10-5-7-12(17)8-6-10/h2-9H,1H3,(H2,18,22)/b19-16+. The van der Waals surface area contributed by atoms with Crippen LogP contribution >= 0.6 is 22.9 Å². The summed E-state index contributed by atoms with van der Waals surface area (Å²) in [5.74, 6) is -0.474. The summed E-state index contributed by atoms with van der Waals surface area (Å²) in [5, 5.41) is 6.00. The molecule has 7 heteroatoms. The second kappa shape index (κ2) is 6.36. The third kappa shape index (κ3) is 3.49. The van der Waals surface area contributed by atoms with Gasteiger partial charge in [0.05, 0.1) is 5.69 Å². The molecule has 0 spiro atoms. The molecule has 0 atom stereocenters. The van der Waals surface area contributed by atoms with Gasteiger partial charge in [0.15, 0.2) is 0 Å². The quantitative estimate of drug-likeness (QED) is 0.792. The topological polar surface area (TPSA) is 73.3 Å². The van der Waals surface area contributed by atoms with Crippen LogP contribution < -0.4 is 10.5 Å². The zero-order valence-corrected chi connectivity index (χ0v) is 13.8. The molecule has 0 fully saturated rings. The Morgan fingerprint density at radius 1 is 1.26 bits per heavy atom. The van der Waals surface area contributed by atoms with E-state index in [1.165, 1.54) is 11.3 Å². The minimum Gasteiger partial charge on any atom is -0.366 e. The van der Waals surface area contributed by atoms with Crippen LogP contribution in [0.15, 0.2) is 53.5 Å². The lowest BCUT2D eigenvalue weighted by Gasteiger charge is -1.96. The van der Waals surface area contributed by atoms with Crippen molar-refractivity contribution in [2.24, 2.45) is 17.8 Å². The number of primary amides is 1. The van der Waals surface area contributed by atoms with E-state index in [-0.39, 0.29) is 0 Å². The van der Waals surface area contributed by atoms with Crippen molar-refractivity contribution in [2.75, 3.05) is 0 Å². The monoisotopic (exact) mass is 344 g/mol. The van der Waals surface area contributed by atoms with Gasteiger partial charge in [0.25, 0.3) is 0 Å². The van der Waals surface area contributed by atoms with E-state index in [0.717, 1.165) is 15.4 Å². The summed E-state index contributed by atoms with van der Waals surface area (Å²) in [7, 11) is 1.83. The van der Waals surface area contributed by atoms with Gasteiger partial charge in [0.2, 0.25) is 10.7 Å². The van der Waals surface area contributed by atoms with Crippen LogP contribution in [0.5, 0.6) is 0 Å². The van der Waals surface area contributed by atoms with E-state index in [0.29, 0.717) is 16.3 Å². The normalized spacial score (nSPS) is 11.7. The minimum absolute atomic E-state index is 0.427. The maximum absolute atomic E-state index is 11.2. The molecular weight excluding hydrogens is 332 g/mol. The van der Waals surface area contributed by atoms with Gasteiger partial charge in [-0.2, -0.15) is 5.10 Å². The molecule has 0 aliphatic heterocycles. The first-order valence-corrected chi connectivity index (χ1v) is 7.97. The number of rotatable bonds is 3. The van der Waals surface area contributed by atoms with Crippen molar-refractivity contribution in [3.63, 3.8) is 0 Å². The van der Waals surface area contributed by atoms with Crippen molar-refractivity contribution in [3.8, 4) is 10.6 Å². The van der Waals surface area contributed by atoms with Gasteiger partial charge >= 0.3 is 0 Å².